The molecule has 0 spiro atoms. The van der Waals surface area contributed by atoms with Crippen LogP contribution in [0, 0.1) is 19.8 Å². The number of phenols is 1. The molecule has 0 aliphatic heterocycles. The van der Waals surface area contributed by atoms with Crippen LogP contribution in [0.1, 0.15) is 31.4 Å². The second kappa shape index (κ2) is 5.06. The molecular formula is C13H21NO. The van der Waals surface area contributed by atoms with Crippen LogP contribution in [0.4, 0.5) is 5.69 Å². The fourth-order valence-electron chi connectivity index (χ4n) is 1.52. The number of rotatable bonds is 4. The number of aryl methyl sites for hydroxylation is 1. The topological polar surface area (TPSA) is 32.3 Å². The molecule has 0 heterocycles. The third-order valence-corrected chi connectivity index (χ3v) is 2.67. The molecule has 0 unspecified atom stereocenters. The molecule has 2 N–H and O–H groups in total. The zero-order valence-electron chi connectivity index (χ0n) is 10.1. The van der Waals surface area contributed by atoms with Gasteiger partial charge in [0.15, 0.2) is 0 Å². The molecule has 0 saturated heterocycles. The summed E-state index contributed by atoms with van der Waals surface area (Å²) in [4.78, 5) is 0. The van der Waals surface area contributed by atoms with E-state index >= 15 is 0 Å². The molecule has 0 saturated carbocycles. The summed E-state index contributed by atoms with van der Waals surface area (Å²) < 4.78 is 0. The molecule has 1 aromatic rings. The van der Waals surface area contributed by atoms with E-state index in [0.717, 1.165) is 29.8 Å². The van der Waals surface area contributed by atoms with Crippen LogP contribution >= 0.6 is 0 Å². The summed E-state index contributed by atoms with van der Waals surface area (Å²) >= 11 is 0. The van der Waals surface area contributed by atoms with Gasteiger partial charge in [-0.25, -0.2) is 0 Å². The molecule has 2 heteroatoms. The maximum absolute atomic E-state index is 9.76. The number of hydrogen-bond acceptors (Lipinski definition) is 2. The van der Waals surface area contributed by atoms with Gasteiger partial charge in [0.25, 0.3) is 0 Å². The summed E-state index contributed by atoms with van der Waals surface area (Å²) in [6, 6.07) is 3.98. The second-order valence-corrected chi connectivity index (χ2v) is 4.51. The van der Waals surface area contributed by atoms with Gasteiger partial charge in [-0.05, 0) is 37.8 Å². The maximum Gasteiger partial charge on any atom is 0.123 e. The van der Waals surface area contributed by atoms with Crippen molar-refractivity contribution in [2.24, 2.45) is 5.92 Å². The van der Waals surface area contributed by atoms with Gasteiger partial charge in [0.1, 0.15) is 5.75 Å². The summed E-state index contributed by atoms with van der Waals surface area (Å²) in [5.41, 5.74) is 2.92. The van der Waals surface area contributed by atoms with E-state index in [4.69, 9.17) is 0 Å². The van der Waals surface area contributed by atoms with Crippen molar-refractivity contribution in [1.82, 2.24) is 0 Å². The van der Waals surface area contributed by atoms with E-state index < -0.39 is 0 Å². The van der Waals surface area contributed by atoms with Crippen molar-refractivity contribution < 1.29 is 5.11 Å². The highest BCUT2D eigenvalue weighted by atomic mass is 16.3. The Morgan fingerprint density at radius 2 is 1.93 bits per heavy atom. The minimum Gasteiger partial charge on any atom is -0.507 e. The molecule has 0 atom stereocenters. The van der Waals surface area contributed by atoms with Crippen molar-refractivity contribution in [1.29, 1.82) is 0 Å². The lowest BCUT2D eigenvalue weighted by molar-refractivity contribution is 0.467. The monoisotopic (exact) mass is 207 g/mol. The maximum atomic E-state index is 9.76. The van der Waals surface area contributed by atoms with E-state index in [9.17, 15) is 5.11 Å². The minimum atomic E-state index is 0.407. The lowest BCUT2D eigenvalue weighted by Gasteiger charge is -2.13. The Hall–Kier alpha value is -1.18. The molecule has 2 nitrogen and oxygen atoms in total. The van der Waals surface area contributed by atoms with E-state index in [1.54, 1.807) is 0 Å². The molecule has 0 amide bonds. The Kier molecular flexibility index (Phi) is 4.01. The van der Waals surface area contributed by atoms with Crippen molar-refractivity contribution in [2.45, 2.75) is 34.1 Å². The van der Waals surface area contributed by atoms with Gasteiger partial charge in [-0.15, -0.1) is 0 Å². The van der Waals surface area contributed by atoms with Crippen LogP contribution in [0.15, 0.2) is 12.1 Å². The molecule has 1 aromatic carbocycles. The number of hydrogen-bond donors (Lipinski definition) is 2. The molecule has 15 heavy (non-hydrogen) atoms. The Balaban J connectivity index is 2.66. The average Bonchev–Trinajstić information content (AvgIpc) is 2.18. The van der Waals surface area contributed by atoms with Crippen molar-refractivity contribution in [3.8, 4) is 5.75 Å². The first-order chi connectivity index (χ1) is 7.02. The van der Waals surface area contributed by atoms with Crippen molar-refractivity contribution >= 4 is 5.69 Å². The predicted octanol–water partition coefficient (Wildman–Crippen LogP) is 3.47. The molecular weight excluding hydrogens is 186 g/mol. The fraction of sp³-hybridized carbons (Fsp3) is 0.538. The highest BCUT2D eigenvalue weighted by molar-refractivity contribution is 5.58. The Morgan fingerprint density at radius 3 is 2.53 bits per heavy atom. The largest absolute Gasteiger partial charge is 0.507 e. The molecule has 0 aliphatic rings. The van der Waals surface area contributed by atoms with E-state index in [2.05, 4.69) is 19.2 Å². The van der Waals surface area contributed by atoms with Gasteiger partial charge in [-0.3, -0.25) is 0 Å². The molecule has 0 aliphatic carbocycles. The molecule has 1 rings (SSSR count). The van der Waals surface area contributed by atoms with Gasteiger partial charge in [0.2, 0.25) is 0 Å². The van der Waals surface area contributed by atoms with Crippen LogP contribution in [-0.4, -0.2) is 11.7 Å². The number of aromatic hydroxyl groups is 1. The predicted molar refractivity (Wildman–Crippen MR) is 65.5 cm³/mol. The van der Waals surface area contributed by atoms with Gasteiger partial charge in [-0.1, -0.05) is 19.9 Å². The molecule has 0 radical (unpaired) electrons. The highest BCUT2D eigenvalue weighted by Crippen LogP contribution is 2.27. The first-order valence-corrected chi connectivity index (χ1v) is 5.55. The van der Waals surface area contributed by atoms with E-state index in [0.29, 0.717) is 11.7 Å². The Morgan fingerprint density at radius 1 is 1.27 bits per heavy atom. The summed E-state index contributed by atoms with van der Waals surface area (Å²) in [6.07, 6.45) is 1.15. The first kappa shape index (κ1) is 11.9. The smallest absolute Gasteiger partial charge is 0.123 e. The third kappa shape index (κ3) is 3.15. The summed E-state index contributed by atoms with van der Waals surface area (Å²) in [5.74, 6) is 1.11. The number of nitrogens with one attached hydrogen (secondary N) is 1. The number of anilines is 1. The molecule has 0 fully saturated rings. The minimum absolute atomic E-state index is 0.407. The highest BCUT2D eigenvalue weighted by Gasteiger charge is 2.05. The Bertz CT molecular complexity index is 332. The molecule has 84 valence electrons. The van der Waals surface area contributed by atoms with Crippen LogP contribution < -0.4 is 5.32 Å². The molecule has 0 aromatic heterocycles. The lowest BCUT2D eigenvalue weighted by Crippen LogP contribution is -2.06. The summed E-state index contributed by atoms with van der Waals surface area (Å²) in [6.45, 7) is 9.24. The van der Waals surface area contributed by atoms with Gasteiger partial charge in [0, 0.05) is 17.8 Å². The van der Waals surface area contributed by atoms with Crippen LogP contribution in [0.3, 0.4) is 0 Å². The zero-order chi connectivity index (χ0) is 11.4. The average molecular weight is 207 g/mol. The second-order valence-electron chi connectivity index (χ2n) is 4.51. The van der Waals surface area contributed by atoms with Crippen molar-refractivity contribution in [3.05, 3.63) is 23.3 Å². The first-order valence-electron chi connectivity index (χ1n) is 5.55. The van der Waals surface area contributed by atoms with Gasteiger partial charge < -0.3 is 10.4 Å². The van der Waals surface area contributed by atoms with Gasteiger partial charge >= 0.3 is 0 Å². The quantitative estimate of drug-likeness (QED) is 0.792. The zero-order valence-corrected chi connectivity index (χ0v) is 10.1. The van der Waals surface area contributed by atoms with Crippen LogP contribution in [0.5, 0.6) is 5.75 Å². The van der Waals surface area contributed by atoms with Crippen molar-refractivity contribution in [2.75, 3.05) is 11.9 Å². The van der Waals surface area contributed by atoms with E-state index in [-0.39, 0.29) is 0 Å². The standard InChI is InChI=1S/C13H21NO/c1-9(2)7-8-14-12-6-5-10(3)13(15)11(12)4/h5-6,9,14-15H,7-8H2,1-4H3. The van der Waals surface area contributed by atoms with E-state index in [1.807, 2.05) is 26.0 Å². The van der Waals surface area contributed by atoms with Gasteiger partial charge in [-0.2, -0.15) is 0 Å². The number of benzene rings is 1. The van der Waals surface area contributed by atoms with Crippen LogP contribution in [0.25, 0.3) is 0 Å². The molecule has 0 bridgehead atoms. The third-order valence-electron chi connectivity index (χ3n) is 2.67. The lowest BCUT2D eigenvalue weighted by atomic mass is 10.1. The Labute approximate surface area is 92.3 Å². The van der Waals surface area contributed by atoms with Gasteiger partial charge in [0.05, 0.1) is 0 Å². The van der Waals surface area contributed by atoms with E-state index in [1.165, 1.54) is 0 Å². The van der Waals surface area contributed by atoms with Crippen LogP contribution in [-0.2, 0) is 0 Å². The SMILES string of the molecule is Cc1ccc(NCCC(C)C)c(C)c1O. The fourth-order valence-corrected chi connectivity index (χ4v) is 1.52. The number of phenolic OH excluding ortho intramolecular Hbond substituents is 1. The summed E-state index contributed by atoms with van der Waals surface area (Å²) in [5, 5.41) is 13.1. The van der Waals surface area contributed by atoms with Crippen LogP contribution in [0.2, 0.25) is 0 Å². The normalized spacial score (nSPS) is 10.7. The van der Waals surface area contributed by atoms with Crippen molar-refractivity contribution in [3.63, 3.8) is 0 Å². The summed E-state index contributed by atoms with van der Waals surface area (Å²) in [7, 11) is 0.